The van der Waals surface area contributed by atoms with E-state index >= 15 is 0 Å². The predicted molar refractivity (Wildman–Crippen MR) is 111 cm³/mol. The van der Waals surface area contributed by atoms with E-state index in [0.717, 1.165) is 41.6 Å². The first-order valence-corrected chi connectivity index (χ1v) is 9.96. The maximum absolute atomic E-state index is 12.9. The molecule has 1 atom stereocenters. The van der Waals surface area contributed by atoms with Gasteiger partial charge in [-0.05, 0) is 87.1 Å². The Kier molecular flexibility index (Phi) is 6.18. The Bertz CT molecular complexity index is 887. The van der Waals surface area contributed by atoms with Gasteiger partial charge in [-0.3, -0.25) is 4.79 Å². The van der Waals surface area contributed by atoms with Gasteiger partial charge in [0.25, 0.3) is 5.91 Å². The van der Waals surface area contributed by atoms with Crippen LogP contribution in [0.3, 0.4) is 0 Å². The third kappa shape index (κ3) is 4.61. The third-order valence-electron chi connectivity index (χ3n) is 5.75. The molecule has 0 unspecified atom stereocenters. The zero-order chi connectivity index (χ0) is 20.3. The van der Waals surface area contributed by atoms with Crippen LogP contribution in [-0.2, 0) is 4.74 Å². The molecule has 1 heterocycles. The van der Waals surface area contributed by atoms with E-state index in [4.69, 9.17) is 4.74 Å². The summed E-state index contributed by atoms with van der Waals surface area (Å²) in [7, 11) is 0. The van der Waals surface area contributed by atoms with Crippen LogP contribution in [0, 0.1) is 33.6 Å². The number of aryl methyl sites for hydroxylation is 4. The second-order valence-corrected chi connectivity index (χ2v) is 7.96. The molecule has 0 aliphatic carbocycles. The summed E-state index contributed by atoms with van der Waals surface area (Å²) in [6, 6.07) is 11.5. The molecule has 1 amide bonds. The van der Waals surface area contributed by atoms with Crippen LogP contribution in [0.2, 0.25) is 0 Å². The molecule has 2 aromatic carbocycles. The van der Waals surface area contributed by atoms with E-state index < -0.39 is 0 Å². The van der Waals surface area contributed by atoms with Gasteiger partial charge in [0.15, 0.2) is 0 Å². The van der Waals surface area contributed by atoms with Crippen LogP contribution in [-0.4, -0.2) is 36.5 Å². The fourth-order valence-electron chi connectivity index (χ4n) is 3.59. The van der Waals surface area contributed by atoms with Crippen LogP contribution in [0.25, 0.3) is 0 Å². The van der Waals surface area contributed by atoms with E-state index in [1.54, 1.807) is 6.07 Å². The Labute approximate surface area is 167 Å². The zero-order valence-electron chi connectivity index (χ0n) is 17.2. The number of likely N-dealkylation sites (tertiary alicyclic amines) is 1. The SMILES string of the molecule is Cc1ccc(C(=O)OC[C@@H]2CCCN(C(=O)c3ccc(C)c(C)c3)C2)cc1C. The van der Waals surface area contributed by atoms with E-state index in [1.165, 1.54) is 5.56 Å². The molecule has 0 bridgehead atoms. The first-order chi connectivity index (χ1) is 13.3. The molecule has 1 aliphatic rings. The van der Waals surface area contributed by atoms with Gasteiger partial charge in [0.1, 0.15) is 0 Å². The molecule has 148 valence electrons. The van der Waals surface area contributed by atoms with E-state index in [1.807, 2.05) is 62.9 Å². The molecule has 4 heteroatoms. The van der Waals surface area contributed by atoms with Crippen molar-refractivity contribution in [1.29, 1.82) is 0 Å². The molecular weight excluding hydrogens is 350 g/mol. The second-order valence-electron chi connectivity index (χ2n) is 7.96. The average Bonchev–Trinajstić information content (AvgIpc) is 2.70. The summed E-state index contributed by atoms with van der Waals surface area (Å²) in [5.74, 6) is -0.0475. The first kappa shape index (κ1) is 20.1. The number of ether oxygens (including phenoxy) is 1. The van der Waals surface area contributed by atoms with Gasteiger partial charge in [-0.2, -0.15) is 0 Å². The monoisotopic (exact) mass is 379 g/mol. The molecular formula is C24H29NO3. The Morgan fingerprint density at radius 3 is 2.18 bits per heavy atom. The second kappa shape index (κ2) is 8.59. The summed E-state index contributed by atoms with van der Waals surface area (Å²) >= 11 is 0. The first-order valence-electron chi connectivity index (χ1n) is 9.96. The van der Waals surface area contributed by atoms with Gasteiger partial charge < -0.3 is 9.64 Å². The fraction of sp³-hybridized carbons (Fsp3) is 0.417. The number of rotatable bonds is 4. The van der Waals surface area contributed by atoms with Gasteiger partial charge in [0, 0.05) is 24.6 Å². The Hall–Kier alpha value is -2.62. The quantitative estimate of drug-likeness (QED) is 0.728. The van der Waals surface area contributed by atoms with Crippen molar-refractivity contribution in [3.05, 3.63) is 69.8 Å². The van der Waals surface area contributed by atoms with E-state index in [2.05, 4.69) is 0 Å². The highest BCUT2D eigenvalue weighted by Gasteiger charge is 2.25. The lowest BCUT2D eigenvalue weighted by Gasteiger charge is -2.32. The molecule has 4 nitrogen and oxygen atoms in total. The minimum Gasteiger partial charge on any atom is -0.462 e. The predicted octanol–water partition coefficient (Wildman–Crippen LogP) is 4.63. The third-order valence-corrected chi connectivity index (χ3v) is 5.75. The molecule has 3 rings (SSSR count). The van der Waals surface area contributed by atoms with Gasteiger partial charge in [-0.25, -0.2) is 4.79 Å². The molecule has 28 heavy (non-hydrogen) atoms. The van der Waals surface area contributed by atoms with Crippen molar-refractivity contribution in [1.82, 2.24) is 4.90 Å². The van der Waals surface area contributed by atoms with Crippen molar-refractivity contribution in [2.75, 3.05) is 19.7 Å². The molecule has 0 aromatic heterocycles. The number of hydrogen-bond acceptors (Lipinski definition) is 3. The highest BCUT2D eigenvalue weighted by molar-refractivity contribution is 5.94. The van der Waals surface area contributed by atoms with Crippen LogP contribution < -0.4 is 0 Å². The fourth-order valence-corrected chi connectivity index (χ4v) is 3.59. The number of benzene rings is 2. The Morgan fingerprint density at radius 1 is 0.929 bits per heavy atom. The lowest BCUT2D eigenvalue weighted by molar-refractivity contribution is 0.0342. The minimum atomic E-state index is -0.291. The maximum atomic E-state index is 12.9. The van der Waals surface area contributed by atoms with Gasteiger partial charge in [-0.15, -0.1) is 0 Å². The summed E-state index contributed by atoms with van der Waals surface area (Å²) in [5, 5.41) is 0. The molecule has 1 fully saturated rings. The lowest BCUT2D eigenvalue weighted by Crippen LogP contribution is -2.41. The van der Waals surface area contributed by atoms with Gasteiger partial charge in [-0.1, -0.05) is 12.1 Å². The summed E-state index contributed by atoms with van der Waals surface area (Å²) in [4.78, 5) is 27.1. The summed E-state index contributed by atoms with van der Waals surface area (Å²) in [6.45, 7) is 9.82. The number of piperidine rings is 1. The van der Waals surface area contributed by atoms with Crippen molar-refractivity contribution >= 4 is 11.9 Å². The molecule has 0 N–H and O–H groups in total. The number of hydrogen-bond donors (Lipinski definition) is 0. The summed E-state index contributed by atoms with van der Waals surface area (Å²) < 4.78 is 5.55. The topological polar surface area (TPSA) is 46.6 Å². The minimum absolute atomic E-state index is 0.0632. The van der Waals surface area contributed by atoms with E-state index in [9.17, 15) is 9.59 Å². The maximum Gasteiger partial charge on any atom is 0.338 e. The van der Waals surface area contributed by atoms with Crippen molar-refractivity contribution in [3.63, 3.8) is 0 Å². The normalized spacial score (nSPS) is 16.7. The molecule has 0 saturated carbocycles. The molecule has 2 aromatic rings. The van der Waals surface area contributed by atoms with Crippen molar-refractivity contribution in [2.24, 2.45) is 5.92 Å². The van der Waals surface area contributed by atoms with Crippen LogP contribution >= 0.6 is 0 Å². The lowest BCUT2D eigenvalue weighted by atomic mass is 9.97. The largest absolute Gasteiger partial charge is 0.462 e. The van der Waals surface area contributed by atoms with Gasteiger partial charge in [0.2, 0.25) is 0 Å². The van der Waals surface area contributed by atoms with Crippen molar-refractivity contribution < 1.29 is 14.3 Å². The number of amides is 1. The van der Waals surface area contributed by atoms with Crippen molar-refractivity contribution in [2.45, 2.75) is 40.5 Å². The van der Waals surface area contributed by atoms with Gasteiger partial charge >= 0.3 is 5.97 Å². The summed E-state index contributed by atoms with van der Waals surface area (Å²) in [5.41, 5.74) is 5.87. The zero-order valence-corrected chi connectivity index (χ0v) is 17.2. The number of carbonyl (C=O) groups excluding carboxylic acids is 2. The average molecular weight is 380 g/mol. The smallest absolute Gasteiger partial charge is 0.338 e. The highest BCUT2D eigenvalue weighted by Crippen LogP contribution is 2.21. The van der Waals surface area contributed by atoms with E-state index in [-0.39, 0.29) is 17.8 Å². The van der Waals surface area contributed by atoms with Gasteiger partial charge in [0.05, 0.1) is 12.2 Å². The molecule has 1 aliphatic heterocycles. The Balaban J connectivity index is 1.58. The summed E-state index contributed by atoms with van der Waals surface area (Å²) in [6.07, 6.45) is 1.90. The van der Waals surface area contributed by atoms with Crippen LogP contribution in [0.1, 0.15) is 55.8 Å². The number of nitrogens with zero attached hydrogens (tertiary/aromatic N) is 1. The number of esters is 1. The van der Waals surface area contributed by atoms with Crippen LogP contribution in [0.15, 0.2) is 36.4 Å². The molecule has 0 radical (unpaired) electrons. The van der Waals surface area contributed by atoms with Crippen LogP contribution in [0.4, 0.5) is 0 Å². The molecule has 1 saturated heterocycles. The standard InChI is InChI=1S/C24H29NO3/c1-16-7-9-21(12-18(16)3)23(26)25-11-5-6-20(14-25)15-28-24(27)22-10-8-17(2)19(4)13-22/h7-10,12-13,20H,5-6,11,14-15H2,1-4H3/t20-/m1/s1. The van der Waals surface area contributed by atoms with Crippen molar-refractivity contribution in [3.8, 4) is 0 Å². The van der Waals surface area contributed by atoms with Crippen LogP contribution in [0.5, 0.6) is 0 Å². The Morgan fingerprint density at radius 2 is 1.54 bits per heavy atom. The molecule has 0 spiro atoms. The highest BCUT2D eigenvalue weighted by atomic mass is 16.5. The number of carbonyl (C=O) groups is 2. The van der Waals surface area contributed by atoms with E-state index in [0.29, 0.717) is 18.7 Å².